The Morgan fingerprint density at radius 1 is 1.00 bits per heavy atom. The monoisotopic (exact) mass is 186 g/mol. The van der Waals surface area contributed by atoms with Crippen molar-refractivity contribution in [2.24, 2.45) is 0 Å². The van der Waals surface area contributed by atoms with Crippen LogP contribution >= 0.6 is 11.6 Å². The molecule has 7 heteroatoms. The minimum Gasteiger partial charge on any atom is -0.229 e. The maximum Gasteiger partial charge on any atom is 0.427 e. The van der Waals surface area contributed by atoms with Crippen molar-refractivity contribution in [3.8, 4) is 0 Å². The molecule has 0 rings (SSSR count). The van der Waals surface area contributed by atoms with Crippen LogP contribution in [0.15, 0.2) is 0 Å². The van der Waals surface area contributed by atoms with Crippen molar-refractivity contribution in [2.75, 3.05) is 0 Å². The van der Waals surface area contributed by atoms with Gasteiger partial charge in [0, 0.05) is 0 Å². The fraction of sp³-hybridized carbons (Fsp3) is 1.00. The minimum absolute atomic E-state index is 3.74. The molecular weight excluding hydrogens is 185 g/mol. The second kappa shape index (κ2) is 2.48. The third-order valence-corrected chi connectivity index (χ3v) is 0.766. The van der Waals surface area contributed by atoms with Crippen LogP contribution in [0.4, 0.5) is 26.3 Å². The molecule has 62 valence electrons. The third-order valence-electron chi connectivity index (χ3n) is 0.575. The van der Waals surface area contributed by atoms with Crippen LogP contribution in [-0.4, -0.2) is 17.7 Å². The van der Waals surface area contributed by atoms with Crippen LogP contribution in [0.5, 0.6) is 0 Å². The zero-order valence-corrected chi connectivity index (χ0v) is 4.98. The van der Waals surface area contributed by atoms with Gasteiger partial charge in [0.15, 0.2) is 0 Å². The van der Waals surface area contributed by atoms with E-state index in [1.54, 1.807) is 0 Å². The van der Waals surface area contributed by atoms with Crippen molar-refractivity contribution in [3.63, 3.8) is 0 Å². The predicted molar refractivity (Wildman–Crippen MR) is 21.8 cm³/mol. The standard InChI is InChI=1S/C3HClF6/c4-2(6,7)1(5)3(8,9)10/h1H/t1-/m1/s1. The molecule has 0 aromatic heterocycles. The molecule has 0 aromatic rings. The van der Waals surface area contributed by atoms with Gasteiger partial charge in [0.1, 0.15) is 0 Å². The number of halogens is 7. The maximum absolute atomic E-state index is 11.4. The van der Waals surface area contributed by atoms with E-state index in [1.807, 2.05) is 0 Å². The zero-order chi connectivity index (χ0) is 8.58. The molecule has 0 amide bonds. The molecule has 0 aromatic carbocycles. The summed E-state index contributed by atoms with van der Waals surface area (Å²) >= 11 is 3.74. The first-order chi connectivity index (χ1) is 4.15. The van der Waals surface area contributed by atoms with E-state index in [4.69, 9.17) is 0 Å². The van der Waals surface area contributed by atoms with Gasteiger partial charge < -0.3 is 0 Å². The van der Waals surface area contributed by atoms with Gasteiger partial charge in [0.05, 0.1) is 0 Å². The van der Waals surface area contributed by atoms with Gasteiger partial charge in [-0.05, 0) is 11.6 Å². The first kappa shape index (κ1) is 9.87. The highest BCUT2D eigenvalue weighted by atomic mass is 35.5. The lowest BCUT2D eigenvalue weighted by molar-refractivity contribution is -0.222. The van der Waals surface area contributed by atoms with Crippen LogP contribution in [0.1, 0.15) is 0 Å². The molecule has 10 heavy (non-hydrogen) atoms. The van der Waals surface area contributed by atoms with E-state index in [1.165, 1.54) is 0 Å². The highest BCUT2D eigenvalue weighted by molar-refractivity contribution is 6.22. The van der Waals surface area contributed by atoms with Gasteiger partial charge in [0.2, 0.25) is 0 Å². The van der Waals surface area contributed by atoms with Crippen molar-refractivity contribution >= 4 is 11.6 Å². The molecule has 0 nitrogen and oxygen atoms in total. The molecule has 0 heterocycles. The average Bonchev–Trinajstić information content (AvgIpc) is 1.59. The first-order valence-electron chi connectivity index (χ1n) is 1.93. The summed E-state index contributed by atoms with van der Waals surface area (Å²) in [5, 5.41) is -4.88. The molecular formula is C3HClF6. The molecule has 0 saturated heterocycles. The fourth-order valence-electron chi connectivity index (χ4n) is 0.186. The summed E-state index contributed by atoms with van der Waals surface area (Å²) in [5.74, 6) is 0. The zero-order valence-electron chi connectivity index (χ0n) is 4.22. The molecule has 0 unspecified atom stereocenters. The summed E-state index contributed by atoms with van der Waals surface area (Å²) in [6.07, 6.45) is -9.91. The van der Waals surface area contributed by atoms with Gasteiger partial charge in [-0.25, -0.2) is 4.39 Å². The number of hydrogen-bond donors (Lipinski definition) is 0. The van der Waals surface area contributed by atoms with E-state index >= 15 is 0 Å². The van der Waals surface area contributed by atoms with E-state index in [2.05, 4.69) is 11.6 Å². The van der Waals surface area contributed by atoms with Crippen LogP contribution in [-0.2, 0) is 0 Å². The van der Waals surface area contributed by atoms with Crippen molar-refractivity contribution in [1.82, 2.24) is 0 Å². The van der Waals surface area contributed by atoms with Crippen molar-refractivity contribution in [3.05, 3.63) is 0 Å². The highest BCUT2D eigenvalue weighted by Crippen LogP contribution is 2.37. The van der Waals surface area contributed by atoms with Crippen LogP contribution in [0.2, 0.25) is 0 Å². The summed E-state index contributed by atoms with van der Waals surface area (Å²) in [4.78, 5) is 0. The largest absolute Gasteiger partial charge is 0.427 e. The van der Waals surface area contributed by atoms with Gasteiger partial charge >= 0.3 is 11.6 Å². The predicted octanol–water partition coefficient (Wildman–Crippen LogP) is 2.72. The average molecular weight is 186 g/mol. The molecule has 0 N–H and O–H groups in total. The fourth-order valence-corrected chi connectivity index (χ4v) is 0.309. The lowest BCUT2D eigenvalue weighted by Gasteiger charge is -2.15. The molecule has 0 bridgehead atoms. The van der Waals surface area contributed by atoms with Crippen LogP contribution in [0.3, 0.4) is 0 Å². The Bertz CT molecular complexity index is 97.1. The maximum atomic E-state index is 11.4. The number of rotatable bonds is 1. The topological polar surface area (TPSA) is 0 Å². The highest BCUT2D eigenvalue weighted by Gasteiger charge is 2.55. The van der Waals surface area contributed by atoms with E-state index in [-0.39, 0.29) is 0 Å². The van der Waals surface area contributed by atoms with Gasteiger partial charge in [-0.2, -0.15) is 22.0 Å². The molecule has 0 spiro atoms. The molecule has 1 atom stereocenters. The summed E-state index contributed by atoms with van der Waals surface area (Å²) in [7, 11) is 0. The summed E-state index contributed by atoms with van der Waals surface area (Å²) in [6.45, 7) is 0. The molecule has 0 aliphatic heterocycles. The Morgan fingerprint density at radius 2 is 1.30 bits per heavy atom. The molecule has 0 aliphatic carbocycles. The summed E-state index contributed by atoms with van der Waals surface area (Å²) in [5.41, 5.74) is 0. The molecule has 0 fully saturated rings. The van der Waals surface area contributed by atoms with Crippen molar-refractivity contribution < 1.29 is 26.3 Å². The Morgan fingerprint density at radius 3 is 1.30 bits per heavy atom. The van der Waals surface area contributed by atoms with Gasteiger partial charge in [0.25, 0.3) is 6.17 Å². The Hall–Kier alpha value is -0.130. The van der Waals surface area contributed by atoms with Crippen molar-refractivity contribution in [2.45, 2.75) is 17.7 Å². The van der Waals surface area contributed by atoms with E-state index in [0.29, 0.717) is 0 Å². The van der Waals surface area contributed by atoms with Gasteiger partial charge in [-0.3, -0.25) is 0 Å². The second-order valence-electron chi connectivity index (χ2n) is 1.45. The summed E-state index contributed by atoms with van der Waals surface area (Å²) in [6, 6.07) is 0. The molecule has 0 saturated carbocycles. The van der Waals surface area contributed by atoms with E-state index < -0.39 is 17.7 Å². The van der Waals surface area contributed by atoms with Crippen LogP contribution < -0.4 is 0 Å². The Balaban J connectivity index is 4.23. The van der Waals surface area contributed by atoms with Crippen molar-refractivity contribution in [1.29, 1.82) is 0 Å². The third kappa shape index (κ3) is 2.64. The quantitative estimate of drug-likeness (QED) is 0.436. The second-order valence-corrected chi connectivity index (χ2v) is 1.95. The van der Waals surface area contributed by atoms with Gasteiger partial charge in [-0.1, -0.05) is 0 Å². The normalized spacial score (nSPS) is 17.1. The SMILES string of the molecule is F[C@@H](C(F)(F)F)C(F)(F)Cl. The lowest BCUT2D eigenvalue weighted by Crippen LogP contribution is -2.37. The Labute approximate surface area is 56.8 Å². The summed E-state index contributed by atoms with van der Waals surface area (Å²) < 4.78 is 67.0. The smallest absolute Gasteiger partial charge is 0.229 e. The van der Waals surface area contributed by atoms with E-state index in [9.17, 15) is 26.3 Å². The molecule has 0 aliphatic rings. The first-order valence-corrected chi connectivity index (χ1v) is 2.31. The van der Waals surface area contributed by atoms with Crippen LogP contribution in [0, 0.1) is 0 Å². The number of hydrogen-bond acceptors (Lipinski definition) is 0. The molecule has 0 radical (unpaired) electrons. The van der Waals surface area contributed by atoms with Gasteiger partial charge in [-0.15, -0.1) is 0 Å². The number of alkyl halides is 7. The Kier molecular flexibility index (Phi) is 2.45. The lowest BCUT2D eigenvalue weighted by atomic mass is 10.4. The van der Waals surface area contributed by atoms with Crippen LogP contribution in [0.25, 0.3) is 0 Å². The van der Waals surface area contributed by atoms with E-state index in [0.717, 1.165) is 0 Å². The minimum atomic E-state index is -5.61.